The van der Waals surface area contributed by atoms with Crippen LogP contribution >= 0.6 is 11.8 Å². The van der Waals surface area contributed by atoms with Gasteiger partial charge in [-0.25, -0.2) is 8.42 Å². The van der Waals surface area contributed by atoms with E-state index >= 15 is 0 Å². The third kappa shape index (κ3) is 4.73. The predicted molar refractivity (Wildman–Crippen MR) is 100 cm³/mol. The molecule has 2 aliphatic heterocycles. The quantitative estimate of drug-likeness (QED) is 0.624. The van der Waals surface area contributed by atoms with Gasteiger partial charge >= 0.3 is 0 Å². The summed E-state index contributed by atoms with van der Waals surface area (Å²) in [4.78, 5) is 15.1. The van der Waals surface area contributed by atoms with Crippen LogP contribution in [0.5, 0.6) is 0 Å². The minimum absolute atomic E-state index is 0.0388. The van der Waals surface area contributed by atoms with E-state index in [9.17, 15) is 13.2 Å². The number of fused-ring (bicyclic) bond motifs is 1. The van der Waals surface area contributed by atoms with Gasteiger partial charge in [-0.3, -0.25) is 4.79 Å². The maximum atomic E-state index is 12.2. The molecule has 1 aromatic rings. The average Bonchev–Trinajstić information content (AvgIpc) is 2.59. The number of carbonyl (C=O) groups excluding carboxylic acids is 1. The van der Waals surface area contributed by atoms with E-state index in [2.05, 4.69) is 34.0 Å². The molecular weight excluding hydrogens is 358 g/mol. The molecule has 8 heteroatoms. The summed E-state index contributed by atoms with van der Waals surface area (Å²) in [7, 11) is -3.38. The fraction of sp³-hybridized carbons (Fsp3) is 0.294. The second kappa shape index (κ2) is 7.45. The van der Waals surface area contributed by atoms with Crippen molar-refractivity contribution in [1.29, 1.82) is 0 Å². The number of thioether (sulfide) groups is 1. The molecule has 1 N–H and O–H groups in total. The van der Waals surface area contributed by atoms with E-state index in [0.29, 0.717) is 24.5 Å². The molecule has 0 aliphatic carbocycles. The Labute approximate surface area is 151 Å². The minimum Gasteiger partial charge on any atom is -0.351 e. The summed E-state index contributed by atoms with van der Waals surface area (Å²) in [5.41, 5.74) is 1.72. The van der Waals surface area contributed by atoms with Crippen LogP contribution in [0.3, 0.4) is 0 Å². The molecule has 3 rings (SSSR count). The lowest BCUT2D eigenvalue weighted by Gasteiger charge is -2.26. The number of nitrogens with zero attached hydrogens (tertiary/aromatic N) is 2. The second-order valence-electron chi connectivity index (χ2n) is 5.76. The van der Waals surface area contributed by atoms with Gasteiger partial charge in [-0.15, -0.1) is 16.2 Å². The van der Waals surface area contributed by atoms with Crippen molar-refractivity contribution in [2.75, 3.05) is 24.6 Å². The largest absolute Gasteiger partial charge is 0.351 e. The lowest BCUT2D eigenvalue weighted by molar-refractivity contribution is -0.117. The first-order chi connectivity index (χ1) is 11.9. The highest BCUT2D eigenvalue weighted by Crippen LogP contribution is 2.18. The monoisotopic (exact) mass is 377 g/mol. The smallest absolute Gasteiger partial charge is 0.256 e. The van der Waals surface area contributed by atoms with E-state index in [4.69, 9.17) is 0 Å². The highest BCUT2D eigenvalue weighted by molar-refractivity contribution is 7.99. The van der Waals surface area contributed by atoms with Crippen LogP contribution in [0.4, 0.5) is 0 Å². The molecule has 0 saturated heterocycles. The molecular formula is C17H19N3O3S2. The molecule has 0 saturated carbocycles. The number of hydrogen-bond acceptors (Lipinski definition) is 5. The van der Waals surface area contributed by atoms with Crippen molar-refractivity contribution >= 4 is 33.5 Å². The van der Waals surface area contributed by atoms with Crippen LogP contribution in [0.25, 0.3) is 0 Å². The van der Waals surface area contributed by atoms with Gasteiger partial charge in [-0.2, -0.15) is 0 Å². The van der Waals surface area contributed by atoms with Gasteiger partial charge in [0.25, 0.3) is 15.9 Å². The van der Waals surface area contributed by atoms with Crippen LogP contribution in [0.15, 0.2) is 57.5 Å². The van der Waals surface area contributed by atoms with E-state index in [1.165, 1.54) is 10.5 Å². The molecule has 25 heavy (non-hydrogen) atoms. The SMILES string of the molecule is Cc1ccc(SCCNC(=O)C2=CN3CCS(=O)(=O)N=C3C=C2)cc1. The molecule has 2 heterocycles. The number of aryl methyl sites for hydroxylation is 1. The molecule has 0 fully saturated rings. The Balaban J connectivity index is 1.50. The fourth-order valence-corrected chi connectivity index (χ4v) is 4.14. The zero-order valence-corrected chi connectivity index (χ0v) is 15.4. The van der Waals surface area contributed by atoms with Crippen molar-refractivity contribution in [2.24, 2.45) is 4.40 Å². The van der Waals surface area contributed by atoms with E-state index in [0.717, 1.165) is 5.75 Å². The van der Waals surface area contributed by atoms with Crippen molar-refractivity contribution in [3.63, 3.8) is 0 Å². The number of amidine groups is 1. The lowest BCUT2D eigenvalue weighted by atomic mass is 10.2. The van der Waals surface area contributed by atoms with Crippen molar-refractivity contribution in [3.05, 3.63) is 53.8 Å². The van der Waals surface area contributed by atoms with Crippen LogP contribution in [0, 0.1) is 6.92 Å². The molecule has 132 valence electrons. The fourth-order valence-electron chi connectivity index (χ4n) is 2.41. The molecule has 1 amide bonds. The second-order valence-corrected chi connectivity index (χ2v) is 8.69. The van der Waals surface area contributed by atoms with Crippen LogP contribution in [0.1, 0.15) is 5.56 Å². The maximum Gasteiger partial charge on any atom is 0.256 e. The number of sulfonamides is 1. The normalized spacial score (nSPS) is 18.2. The molecule has 1 aromatic carbocycles. The van der Waals surface area contributed by atoms with Crippen LogP contribution in [-0.2, 0) is 14.8 Å². The van der Waals surface area contributed by atoms with Crippen molar-refractivity contribution < 1.29 is 13.2 Å². The van der Waals surface area contributed by atoms with Crippen LogP contribution in [-0.4, -0.2) is 49.7 Å². The molecule has 0 atom stereocenters. The topological polar surface area (TPSA) is 78.8 Å². The number of benzene rings is 1. The molecule has 0 aromatic heterocycles. The van der Waals surface area contributed by atoms with E-state index < -0.39 is 10.0 Å². The van der Waals surface area contributed by atoms with Gasteiger partial charge in [0.2, 0.25) is 0 Å². The summed E-state index contributed by atoms with van der Waals surface area (Å²) < 4.78 is 26.7. The van der Waals surface area contributed by atoms with Crippen LogP contribution in [0.2, 0.25) is 0 Å². The Bertz CT molecular complexity index is 856. The molecule has 6 nitrogen and oxygen atoms in total. The van der Waals surface area contributed by atoms with Gasteiger partial charge in [0.1, 0.15) is 5.84 Å². The number of hydrogen-bond donors (Lipinski definition) is 1. The van der Waals surface area contributed by atoms with Crippen molar-refractivity contribution in [2.45, 2.75) is 11.8 Å². The number of amides is 1. The van der Waals surface area contributed by atoms with Crippen LogP contribution < -0.4 is 5.32 Å². The van der Waals surface area contributed by atoms with Gasteiger partial charge in [-0.05, 0) is 31.2 Å². The predicted octanol–water partition coefficient (Wildman–Crippen LogP) is 1.70. The standard InChI is InChI=1S/C17H19N3O3S2/c1-13-2-5-15(6-3-13)24-10-8-18-17(21)14-4-7-16-19-25(22,23)11-9-20(16)12-14/h2-7,12H,8-11H2,1H3,(H,18,21). The highest BCUT2D eigenvalue weighted by atomic mass is 32.2. The summed E-state index contributed by atoms with van der Waals surface area (Å²) in [5.74, 6) is 0.926. The first-order valence-corrected chi connectivity index (χ1v) is 10.5. The summed E-state index contributed by atoms with van der Waals surface area (Å²) in [6, 6.07) is 8.27. The number of nitrogens with one attached hydrogen (secondary N) is 1. The Morgan fingerprint density at radius 2 is 2.04 bits per heavy atom. The summed E-state index contributed by atoms with van der Waals surface area (Å²) in [5, 5.41) is 2.88. The molecule has 2 aliphatic rings. The van der Waals surface area contributed by atoms with Crippen molar-refractivity contribution in [3.8, 4) is 0 Å². The number of rotatable bonds is 5. The summed E-state index contributed by atoms with van der Waals surface area (Å²) in [6.07, 6.45) is 4.81. The zero-order chi connectivity index (χ0) is 17.9. The molecule has 0 radical (unpaired) electrons. The van der Waals surface area contributed by atoms with Gasteiger partial charge in [0.15, 0.2) is 0 Å². The Hall–Kier alpha value is -2.06. The van der Waals surface area contributed by atoms with E-state index in [1.807, 2.05) is 6.92 Å². The van der Waals surface area contributed by atoms with E-state index in [-0.39, 0.29) is 11.7 Å². The Morgan fingerprint density at radius 3 is 2.80 bits per heavy atom. The van der Waals surface area contributed by atoms with Gasteiger partial charge in [0, 0.05) is 29.9 Å². The number of carbonyl (C=O) groups is 1. The summed E-state index contributed by atoms with van der Waals surface area (Å²) >= 11 is 1.69. The zero-order valence-electron chi connectivity index (χ0n) is 13.8. The lowest BCUT2D eigenvalue weighted by Crippen LogP contribution is -2.38. The third-order valence-electron chi connectivity index (χ3n) is 3.76. The minimum atomic E-state index is -3.38. The van der Waals surface area contributed by atoms with Gasteiger partial charge < -0.3 is 10.2 Å². The molecule has 0 unspecified atom stereocenters. The van der Waals surface area contributed by atoms with E-state index in [1.54, 1.807) is 35.0 Å². The molecule has 0 bridgehead atoms. The third-order valence-corrected chi connectivity index (χ3v) is 5.94. The van der Waals surface area contributed by atoms with Gasteiger partial charge in [-0.1, -0.05) is 17.7 Å². The first-order valence-electron chi connectivity index (χ1n) is 7.90. The van der Waals surface area contributed by atoms with Gasteiger partial charge in [0.05, 0.1) is 11.3 Å². The van der Waals surface area contributed by atoms with Crippen molar-refractivity contribution in [1.82, 2.24) is 10.2 Å². The average molecular weight is 377 g/mol. The Morgan fingerprint density at radius 1 is 1.28 bits per heavy atom. The first kappa shape index (κ1) is 17.8. The maximum absolute atomic E-state index is 12.2. The summed E-state index contributed by atoms with van der Waals surface area (Å²) in [6.45, 7) is 2.91. The highest BCUT2D eigenvalue weighted by Gasteiger charge is 2.24. The Kier molecular flexibility index (Phi) is 5.29. The molecule has 0 spiro atoms.